The monoisotopic (exact) mass is 425 g/mol. The molecule has 3 aromatic rings. The number of nitrogens with one attached hydrogen (secondary N) is 1. The third-order valence-electron chi connectivity index (χ3n) is 4.41. The number of hydrogen-bond acceptors (Lipinski definition) is 4. The second-order valence-electron chi connectivity index (χ2n) is 8.95. The fraction of sp³-hybridized carbons (Fsp3) is 0.417. The van der Waals surface area contributed by atoms with Gasteiger partial charge in [-0.3, -0.25) is 0 Å². The van der Waals surface area contributed by atoms with Gasteiger partial charge in [0.05, 0.1) is 12.2 Å². The molecule has 0 saturated heterocycles. The van der Waals surface area contributed by atoms with Crippen LogP contribution in [0, 0.1) is 5.92 Å². The molecule has 0 atom stereocenters. The van der Waals surface area contributed by atoms with Gasteiger partial charge in [0.15, 0.2) is 0 Å². The van der Waals surface area contributed by atoms with Gasteiger partial charge >= 0.3 is 6.03 Å². The molecule has 0 saturated carbocycles. The normalized spacial score (nSPS) is 11.7. The summed E-state index contributed by atoms with van der Waals surface area (Å²) >= 11 is 1.57. The lowest BCUT2D eigenvalue weighted by Crippen LogP contribution is -2.49. The molecule has 0 spiro atoms. The Morgan fingerprint density at radius 3 is 2.63 bits per heavy atom. The summed E-state index contributed by atoms with van der Waals surface area (Å²) in [5, 5.41) is 8.22. The summed E-state index contributed by atoms with van der Waals surface area (Å²) in [5.74, 6) is 1.24. The third kappa shape index (κ3) is 6.20. The van der Waals surface area contributed by atoms with Gasteiger partial charge in [-0.2, -0.15) is 0 Å². The fourth-order valence-corrected chi connectivity index (χ4v) is 3.90. The van der Waals surface area contributed by atoms with E-state index < -0.39 is 0 Å². The third-order valence-corrected chi connectivity index (χ3v) is 5.28. The number of carbonyl (C=O) groups is 1. The summed E-state index contributed by atoms with van der Waals surface area (Å²) in [7, 11) is 0. The van der Waals surface area contributed by atoms with E-state index in [0.29, 0.717) is 25.6 Å². The van der Waals surface area contributed by atoms with Crippen LogP contribution in [0.3, 0.4) is 0 Å². The van der Waals surface area contributed by atoms with E-state index in [1.807, 2.05) is 55.3 Å². The minimum atomic E-state index is -0.272. The lowest BCUT2D eigenvalue weighted by Gasteiger charge is -2.29. The van der Waals surface area contributed by atoms with Gasteiger partial charge in [0.2, 0.25) is 0 Å². The number of urea groups is 1. The van der Waals surface area contributed by atoms with Gasteiger partial charge in [0, 0.05) is 22.8 Å². The number of thiazole rings is 1. The van der Waals surface area contributed by atoms with Crippen LogP contribution in [-0.2, 0) is 13.2 Å². The molecule has 0 fully saturated rings. The van der Waals surface area contributed by atoms with Crippen LogP contribution in [0.15, 0.2) is 47.8 Å². The Balaban J connectivity index is 1.66. The summed E-state index contributed by atoms with van der Waals surface area (Å²) in [6.07, 6.45) is 0. The first-order valence-electron chi connectivity index (χ1n) is 10.3. The molecule has 1 N–H and O–H groups in total. The summed E-state index contributed by atoms with van der Waals surface area (Å²) < 4.78 is 6.06. The quantitative estimate of drug-likeness (QED) is 0.517. The van der Waals surface area contributed by atoms with Gasteiger partial charge in [0.25, 0.3) is 0 Å². The highest BCUT2D eigenvalue weighted by Crippen LogP contribution is 2.26. The molecule has 0 unspecified atom stereocenters. The first kappa shape index (κ1) is 22.1. The van der Waals surface area contributed by atoms with Crippen LogP contribution in [-0.4, -0.2) is 28.0 Å². The molecular weight excluding hydrogens is 394 g/mol. The maximum atomic E-state index is 12.7. The number of aromatic nitrogens is 1. The van der Waals surface area contributed by atoms with Gasteiger partial charge in [-0.1, -0.05) is 50.2 Å². The van der Waals surface area contributed by atoms with Crippen LogP contribution in [0.5, 0.6) is 5.75 Å². The second-order valence-corrected chi connectivity index (χ2v) is 9.90. The number of rotatable bonds is 7. The van der Waals surface area contributed by atoms with Crippen LogP contribution in [0.4, 0.5) is 4.79 Å². The van der Waals surface area contributed by atoms with Crippen LogP contribution in [0.1, 0.15) is 45.3 Å². The Morgan fingerprint density at radius 1 is 1.17 bits per heavy atom. The maximum absolute atomic E-state index is 12.7. The zero-order valence-corrected chi connectivity index (χ0v) is 19.3. The molecule has 3 rings (SSSR count). The zero-order valence-electron chi connectivity index (χ0n) is 18.4. The predicted octanol–water partition coefficient (Wildman–Crippen LogP) is 5.84. The van der Waals surface area contributed by atoms with Crippen LogP contribution < -0.4 is 10.1 Å². The van der Waals surface area contributed by atoms with Crippen molar-refractivity contribution in [2.24, 2.45) is 5.92 Å². The Morgan fingerprint density at radius 2 is 1.90 bits per heavy atom. The molecule has 0 aliphatic rings. The van der Waals surface area contributed by atoms with Crippen molar-refractivity contribution in [1.29, 1.82) is 0 Å². The average molecular weight is 426 g/mol. The van der Waals surface area contributed by atoms with E-state index >= 15 is 0 Å². The Labute approximate surface area is 183 Å². The van der Waals surface area contributed by atoms with Gasteiger partial charge < -0.3 is 15.0 Å². The van der Waals surface area contributed by atoms with Crippen molar-refractivity contribution in [3.05, 3.63) is 58.5 Å². The van der Waals surface area contributed by atoms with E-state index in [1.165, 1.54) is 0 Å². The molecule has 0 bridgehead atoms. The van der Waals surface area contributed by atoms with Crippen molar-refractivity contribution in [2.75, 3.05) is 6.54 Å². The van der Waals surface area contributed by atoms with Crippen molar-refractivity contribution in [3.63, 3.8) is 0 Å². The Bertz CT molecular complexity index is 986. The standard InChI is InChI=1S/C24H31N3O2S/c1-17(2)13-27(23(28)26-24(3,4)5)14-19-16-30-22(25-19)15-29-21-12-8-10-18-9-6-7-11-20(18)21/h6-12,16-17H,13-15H2,1-5H3,(H,26,28). The fourth-order valence-electron chi connectivity index (χ4n) is 3.20. The zero-order chi connectivity index (χ0) is 21.7. The average Bonchev–Trinajstić information content (AvgIpc) is 3.11. The molecule has 30 heavy (non-hydrogen) atoms. The lowest BCUT2D eigenvalue weighted by molar-refractivity contribution is 0.178. The Hall–Kier alpha value is -2.60. The van der Waals surface area contributed by atoms with Crippen LogP contribution in [0.2, 0.25) is 0 Å². The first-order chi connectivity index (χ1) is 14.2. The largest absolute Gasteiger partial charge is 0.486 e. The van der Waals surface area contributed by atoms with Gasteiger partial charge in [-0.15, -0.1) is 11.3 Å². The minimum absolute atomic E-state index is 0.0576. The molecule has 0 aliphatic heterocycles. The van der Waals surface area contributed by atoms with Crippen LogP contribution in [0.25, 0.3) is 10.8 Å². The Kier molecular flexibility index (Phi) is 6.98. The number of benzene rings is 2. The van der Waals surface area contributed by atoms with E-state index in [-0.39, 0.29) is 11.6 Å². The molecular formula is C24H31N3O2S. The van der Waals surface area contributed by atoms with E-state index in [1.54, 1.807) is 11.3 Å². The highest BCUT2D eigenvalue weighted by Gasteiger charge is 2.21. The molecule has 0 aliphatic carbocycles. The van der Waals surface area contributed by atoms with Crippen molar-refractivity contribution >= 4 is 28.1 Å². The number of nitrogens with zero attached hydrogens (tertiary/aromatic N) is 2. The van der Waals surface area contributed by atoms with Gasteiger partial charge in [0.1, 0.15) is 17.4 Å². The summed E-state index contributed by atoms with van der Waals surface area (Å²) in [5.41, 5.74) is 0.618. The van der Waals surface area contributed by atoms with Crippen molar-refractivity contribution in [3.8, 4) is 5.75 Å². The topological polar surface area (TPSA) is 54.5 Å². The predicted molar refractivity (Wildman–Crippen MR) is 124 cm³/mol. The van der Waals surface area contributed by atoms with E-state index in [0.717, 1.165) is 27.2 Å². The van der Waals surface area contributed by atoms with Gasteiger partial charge in [-0.05, 0) is 38.1 Å². The molecule has 0 radical (unpaired) electrons. The molecule has 160 valence electrons. The maximum Gasteiger partial charge on any atom is 0.318 e. The molecule has 2 aromatic carbocycles. The number of carbonyl (C=O) groups excluding carboxylic acids is 1. The number of ether oxygens (including phenoxy) is 1. The SMILES string of the molecule is CC(C)CN(Cc1csc(COc2cccc3ccccc23)n1)C(=O)NC(C)(C)C. The first-order valence-corrected chi connectivity index (χ1v) is 11.2. The lowest BCUT2D eigenvalue weighted by atomic mass is 10.1. The van der Waals surface area contributed by atoms with Crippen molar-refractivity contribution in [2.45, 2.75) is 53.3 Å². The van der Waals surface area contributed by atoms with Gasteiger partial charge in [-0.25, -0.2) is 9.78 Å². The second kappa shape index (κ2) is 9.47. The summed E-state index contributed by atoms with van der Waals surface area (Å²) in [4.78, 5) is 19.2. The molecule has 1 heterocycles. The molecule has 5 nitrogen and oxygen atoms in total. The minimum Gasteiger partial charge on any atom is -0.486 e. The molecule has 1 aromatic heterocycles. The van der Waals surface area contributed by atoms with Crippen LogP contribution >= 0.6 is 11.3 Å². The number of amides is 2. The number of hydrogen-bond donors (Lipinski definition) is 1. The van der Waals surface area contributed by atoms with Crippen molar-refractivity contribution in [1.82, 2.24) is 15.2 Å². The van der Waals surface area contributed by atoms with E-state index in [4.69, 9.17) is 9.72 Å². The highest BCUT2D eigenvalue weighted by atomic mass is 32.1. The summed E-state index contributed by atoms with van der Waals surface area (Å²) in [6, 6.07) is 14.2. The van der Waals surface area contributed by atoms with E-state index in [2.05, 4.69) is 37.4 Å². The number of fused-ring (bicyclic) bond motifs is 1. The highest BCUT2D eigenvalue weighted by molar-refractivity contribution is 7.09. The van der Waals surface area contributed by atoms with E-state index in [9.17, 15) is 4.79 Å². The van der Waals surface area contributed by atoms with Crippen molar-refractivity contribution < 1.29 is 9.53 Å². The smallest absolute Gasteiger partial charge is 0.318 e. The summed E-state index contributed by atoms with van der Waals surface area (Å²) in [6.45, 7) is 11.8. The molecule has 2 amide bonds. The molecule has 6 heteroatoms.